The Labute approximate surface area is 136 Å². The van der Waals surface area contributed by atoms with Crippen LogP contribution in [0.1, 0.15) is 23.6 Å². The van der Waals surface area contributed by atoms with Crippen molar-refractivity contribution in [3.63, 3.8) is 0 Å². The minimum Gasteiger partial charge on any atom is -0.350 e. The Morgan fingerprint density at radius 1 is 1.04 bits per heavy atom. The molecule has 0 bridgehead atoms. The normalized spacial score (nSPS) is 10.2. The second-order valence-corrected chi connectivity index (χ2v) is 5.49. The highest BCUT2D eigenvalue weighted by Gasteiger charge is 2.14. The zero-order valence-electron chi connectivity index (χ0n) is 13.5. The molecule has 0 saturated carbocycles. The molecule has 1 aromatic carbocycles. The smallest absolute Gasteiger partial charge is 0.239 e. The predicted octanol–water partition coefficient (Wildman–Crippen LogP) is 2.05. The van der Waals surface area contributed by atoms with Crippen LogP contribution in [0, 0.1) is 6.92 Å². The van der Waals surface area contributed by atoms with E-state index in [4.69, 9.17) is 0 Å². The van der Waals surface area contributed by atoms with Crippen molar-refractivity contribution in [1.29, 1.82) is 0 Å². The van der Waals surface area contributed by atoms with Crippen LogP contribution in [0.2, 0.25) is 0 Å². The summed E-state index contributed by atoms with van der Waals surface area (Å²) >= 11 is 0. The Bertz CT molecular complexity index is 654. The molecular weight excluding hydrogens is 290 g/mol. The van der Waals surface area contributed by atoms with Gasteiger partial charge < -0.3 is 10.2 Å². The van der Waals surface area contributed by atoms with Crippen LogP contribution in [-0.2, 0) is 22.7 Å². The van der Waals surface area contributed by atoms with E-state index in [0.717, 1.165) is 11.1 Å². The predicted molar refractivity (Wildman–Crippen MR) is 88.4 cm³/mol. The van der Waals surface area contributed by atoms with E-state index in [1.165, 1.54) is 17.4 Å². The first kappa shape index (κ1) is 16.7. The van der Waals surface area contributed by atoms with E-state index >= 15 is 0 Å². The number of benzene rings is 1. The molecular formula is C18H21N3O2. The lowest BCUT2D eigenvalue weighted by Crippen LogP contribution is -2.39. The fraction of sp³-hybridized carbons (Fsp3) is 0.278. The third-order valence-corrected chi connectivity index (χ3v) is 3.51. The number of nitrogens with one attached hydrogen (secondary N) is 1. The number of carbonyl (C=O) groups is 2. The third-order valence-electron chi connectivity index (χ3n) is 3.51. The molecule has 120 valence electrons. The summed E-state index contributed by atoms with van der Waals surface area (Å²) in [6, 6.07) is 11.6. The van der Waals surface area contributed by atoms with E-state index in [2.05, 4.69) is 10.3 Å². The molecule has 1 N–H and O–H groups in total. The maximum absolute atomic E-state index is 12.1. The maximum Gasteiger partial charge on any atom is 0.239 e. The van der Waals surface area contributed by atoms with Crippen molar-refractivity contribution in [3.05, 3.63) is 65.5 Å². The van der Waals surface area contributed by atoms with Gasteiger partial charge in [-0.15, -0.1) is 0 Å². The van der Waals surface area contributed by atoms with Crippen LogP contribution in [0.25, 0.3) is 0 Å². The Morgan fingerprint density at radius 3 is 2.30 bits per heavy atom. The van der Waals surface area contributed by atoms with Crippen LogP contribution in [0.5, 0.6) is 0 Å². The summed E-state index contributed by atoms with van der Waals surface area (Å²) in [5.41, 5.74) is 3.15. The SMILES string of the molecule is CC(=O)N(CC(=O)NCc1ccncc1)Cc1ccc(C)cc1. The number of hydrogen-bond acceptors (Lipinski definition) is 3. The van der Waals surface area contributed by atoms with Crippen LogP contribution >= 0.6 is 0 Å². The molecule has 1 aromatic heterocycles. The first-order chi connectivity index (χ1) is 11.0. The number of carbonyl (C=O) groups excluding carboxylic acids is 2. The van der Waals surface area contributed by atoms with Crippen molar-refractivity contribution in [3.8, 4) is 0 Å². The van der Waals surface area contributed by atoms with Crippen LogP contribution in [0.3, 0.4) is 0 Å². The molecule has 0 atom stereocenters. The lowest BCUT2D eigenvalue weighted by molar-refractivity contribution is -0.135. The van der Waals surface area contributed by atoms with Crippen molar-refractivity contribution in [1.82, 2.24) is 15.2 Å². The molecule has 0 spiro atoms. The fourth-order valence-corrected chi connectivity index (χ4v) is 2.12. The van der Waals surface area contributed by atoms with E-state index in [1.54, 1.807) is 12.4 Å². The Hall–Kier alpha value is -2.69. The minimum atomic E-state index is -0.177. The summed E-state index contributed by atoms with van der Waals surface area (Å²) in [6.07, 6.45) is 3.36. The molecule has 0 fully saturated rings. The fourth-order valence-electron chi connectivity index (χ4n) is 2.12. The molecule has 2 aromatic rings. The second kappa shape index (κ2) is 8.08. The van der Waals surface area contributed by atoms with Gasteiger partial charge in [0.15, 0.2) is 0 Å². The molecule has 0 unspecified atom stereocenters. The van der Waals surface area contributed by atoms with Gasteiger partial charge in [0.25, 0.3) is 0 Å². The van der Waals surface area contributed by atoms with Gasteiger partial charge in [-0.05, 0) is 30.2 Å². The number of rotatable bonds is 6. The molecule has 0 aliphatic carbocycles. The molecule has 5 nitrogen and oxygen atoms in total. The number of pyridine rings is 1. The van der Waals surface area contributed by atoms with Crippen molar-refractivity contribution < 1.29 is 9.59 Å². The summed E-state index contributed by atoms with van der Waals surface area (Å²) in [4.78, 5) is 29.3. The highest BCUT2D eigenvalue weighted by Crippen LogP contribution is 2.07. The number of aryl methyl sites for hydroxylation is 1. The van der Waals surface area contributed by atoms with Crippen molar-refractivity contribution in [2.45, 2.75) is 26.9 Å². The molecule has 2 rings (SSSR count). The quantitative estimate of drug-likeness (QED) is 0.888. The van der Waals surface area contributed by atoms with Gasteiger partial charge in [-0.25, -0.2) is 0 Å². The van der Waals surface area contributed by atoms with Crippen LogP contribution in [0.15, 0.2) is 48.8 Å². The van der Waals surface area contributed by atoms with E-state index in [1.807, 2.05) is 43.3 Å². The van der Waals surface area contributed by atoms with Gasteiger partial charge in [-0.1, -0.05) is 29.8 Å². The van der Waals surface area contributed by atoms with Crippen molar-refractivity contribution in [2.75, 3.05) is 6.54 Å². The Kier molecular flexibility index (Phi) is 5.86. The maximum atomic E-state index is 12.1. The molecule has 0 saturated heterocycles. The number of aromatic nitrogens is 1. The molecule has 0 radical (unpaired) electrons. The summed E-state index contributed by atoms with van der Waals surface area (Å²) < 4.78 is 0. The van der Waals surface area contributed by atoms with Gasteiger partial charge in [0.05, 0.1) is 6.54 Å². The van der Waals surface area contributed by atoms with Crippen LogP contribution < -0.4 is 5.32 Å². The molecule has 0 aliphatic rings. The van der Waals surface area contributed by atoms with Gasteiger partial charge in [0, 0.05) is 32.4 Å². The Balaban J connectivity index is 1.89. The van der Waals surface area contributed by atoms with E-state index in [0.29, 0.717) is 13.1 Å². The lowest BCUT2D eigenvalue weighted by Gasteiger charge is -2.20. The van der Waals surface area contributed by atoms with E-state index < -0.39 is 0 Å². The molecule has 1 heterocycles. The highest BCUT2D eigenvalue weighted by atomic mass is 16.2. The van der Waals surface area contributed by atoms with Gasteiger partial charge in [-0.3, -0.25) is 14.6 Å². The zero-order valence-corrected chi connectivity index (χ0v) is 13.5. The van der Waals surface area contributed by atoms with Crippen molar-refractivity contribution in [2.24, 2.45) is 0 Å². The largest absolute Gasteiger partial charge is 0.350 e. The average Bonchev–Trinajstić information content (AvgIpc) is 2.55. The summed E-state index contributed by atoms with van der Waals surface area (Å²) in [5.74, 6) is -0.297. The van der Waals surface area contributed by atoms with E-state index in [-0.39, 0.29) is 18.4 Å². The van der Waals surface area contributed by atoms with E-state index in [9.17, 15) is 9.59 Å². The molecule has 2 amide bonds. The van der Waals surface area contributed by atoms with Gasteiger partial charge in [-0.2, -0.15) is 0 Å². The van der Waals surface area contributed by atoms with Gasteiger partial charge in [0.2, 0.25) is 11.8 Å². The summed E-state index contributed by atoms with van der Waals surface area (Å²) in [6.45, 7) is 4.40. The van der Waals surface area contributed by atoms with Gasteiger partial charge >= 0.3 is 0 Å². The standard InChI is InChI=1S/C18H21N3O2/c1-14-3-5-17(6-4-14)12-21(15(2)22)13-18(23)20-11-16-7-9-19-10-8-16/h3-10H,11-13H2,1-2H3,(H,20,23). The molecule has 23 heavy (non-hydrogen) atoms. The number of hydrogen-bond donors (Lipinski definition) is 1. The number of amides is 2. The summed E-state index contributed by atoms with van der Waals surface area (Å²) in [7, 11) is 0. The topological polar surface area (TPSA) is 62.3 Å². The summed E-state index contributed by atoms with van der Waals surface area (Å²) in [5, 5.41) is 2.82. The highest BCUT2D eigenvalue weighted by molar-refractivity contribution is 5.83. The first-order valence-corrected chi connectivity index (χ1v) is 7.51. The Morgan fingerprint density at radius 2 is 1.70 bits per heavy atom. The third kappa shape index (κ3) is 5.54. The number of nitrogens with zero attached hydrogens (tertiary/aromatic N) is 2. The first-order valence-electron chi connectivity index (χ1n) is 7.51. The monoisotopic (exact) mass is 311 g/mol. The van der Waals surface area contributed by atoms with Crippen molar-refractivity contribution >= 4 is 11.8 Å². The minimum absolute atomic E-state index is 0.0499. The van der Waals surface area contributed by atoms with Crippen LogP contribution in [-0.4, -0.2) is 28.2 Å². The molecule has 0 aliphatic heterocycles. The zero-order chi connectivity index (χ0) is 16.7. The van der Waals surface area contributed by atoms with Gasteiger partial charge in [0.1, 0.15) is 0 Å². The average molecular weight is 311 g/mol. The second-order valence-electron chi connectivity index (χ2n) is 5.49. The lowest BCUT2D eigenvalue weighted by atomic mass is 10.1. The molecule has 5 heteroatoms. The van der Waals surface area contributed by atoms with Crippen LogP contribution in [0.4, 0.5) is 0 Å².